The number of nitrogens with zero attached hydrogens (tertiary/aromatic N) is 2. The molecule has 1 aliphatic rings. The van der Waals surface area contributed by atoms with Gasteiger partial charge in [-0.3, -0.25) is 4.98 Å². The van der Waals surface area contributed by atoms with E-state index in [0.29, 0.717) is 12.5 Å². The molecule has 0 unspecified atom stereocenters. The normalized spacial score (nSPS) is 20.5. The molecule has 0 bridgehead atoms. The average Bonchev–Trinajstić information content (AvgIpc) is 2.67. The minimum atomic E-state index is 0.136. The van der Waals surface area contributed by atoms with E-state index in [1.165, 1.54) is 0 Å². The minimum Gasteiger partial charge on any atom is -0.474 e. The van der Waals surface area contributed by atoms with Crippen LogP contribution in [0.1, 0.15) is 26.5 Å². The van der Waals surface area contributed by atoms with E-state index >= 15 is 0 Å². The van der Waals surface area contributed by atoms with Crippen LogP contribution in [0.15, 0.2) is 27.8 Å². The highest BCUT2D eigenvalue weighted by molar-refractivity contribution is 9.10. The van der Waals surface area contributed by atoms with Gasteiger partial charge < -0.3 is 4.74 Å². The van der Waals surface area contributed by atoms with Gasteiger partial charge in [0.15, 0.2) is 0 Å². The van der Waals surface area contributed by atoms with Crippen molar-refractivity contribution < 1.29 is 4.74 Å². The molecule has 3 nitrogen and oxygen atoms in total. The molecule has 0 amide bonds. The first-order valence-corrected chi connectivity index (χ1v) is 6.08. The summed E-state index contributed by atoms with van der Waals surface area (Å²) in [6.07, 6.45) is 1.76. The van der Waals surface area contributed by atoms with Gasteiger partial charge in [-0.2, -0.15) is 0 Å². The summed E-state index contributed by atoms with van der Waals surface area (Å²) < 4.78 is 6.55. The molecule has 0 N–H and O–H groups in total. The molecule has 0 fully saturated rings. The number of hydrogen-bond donors (Lipinski definition) is 0. The molecule has 4 heteroatoms. The second-order valence-electron chi connectivity index (χ2n) is 4.99. The lowest BCUT2D eigenvalue weighted by Gasteiger charge is -2.21. The van der Waals surface area contributed by atoms with E-state index in [0.717, 1.165) is 10.2 Å². The highest BCUT2D eigenvalue weighted by Gasteiger charge is 2.30. The van der Waals surface area contributed by atoms with Crippen LogP contribution in [0.5, 0.6) is 0 Å². The molecule has 0 spiro atoms. The summed E-state index contributed by atoms with van der Waals surface area (Å²) in [5.41, 5.74) is 0.937. The molecular formula is C12H15BrN2O. The summed E-state index contributed by atoms with van der Waals surface area (Å²) >= 11 is 3.35. The van der Waals surface area contributed by atoms with Gasteiger partial charge in [0.1, 0.15) is 12.3 Å². The molecule has 0 aliphatic carbocycles. The largest absolute Gasteiger partial charge is 0.474 e. The second-order valence-corrected chi connectivity index (χ2v) is 5.90. The maximum atomic E-state index is 5.59. The Morgan fingerprint density at radius 3 is 2.62 bits per heavy atom. The predicted molar refractivity (Wildman–Crippen MR) is 67.7 cm³/mol. The van der Waals surface area contributed by atoms with Crippen molar-refractivity contribution in [1.29, 1.82) is 0 Å². The van der Waals surface area contributed by atoms with E-state index in [2.05, 4.69) is 46.7 Å². The van der Waals surface area contributed by atoms with Gasteiger partial charge in [0.25, 0.3) is 0 Å². The Labute approximate surface area is 104 Å². The molecular weight excluding hydrogens is 268 g/mol. The van der Waals surface area contributed by atoms with Gasteiger partial charge in [-0.15, -0.1) is 0 Å². The minimum absolute atomic E-state index is 0.136. The summed E-state index contributed by atoms with van der Waals surface area (Å²) in [4.78, 5) is 8.85. The Morgan fingerprint density at radius 2 is 2.12 bits per heavy atom. The number of ether oxygens (including phenoxy) is 1. The second kappa shape index (κ2) is 4.17. The van der Waals surface area contributed by atoms with E-state index in [4.69, 9.17) is 4.74 Å². The van der Waals surface area contributed by atoms with Gasteiger partial charge in [0.2, 0.25) is 5.90 Å². The van der Waals surface area contributed by atoms with Gasteiger partial charge in [0.05, 0.1) is 6.04 Å². The molecule has 0 saturated heterocycles. The lowest BCUT2D eigenvalue weighted by molar-refractivity contribution is 0.235. The van der Waals surface area contributed by atoms with Gasteiger partial charge in [-0.1, -0.05) is 20.8 Å². The van der Waals surface area contributed by atoms with Crippen molar-refractivity contribution in [3.05, 3.63) is 28.5 Å². The lowest BCUT2D eigenvalue weighted by Crippen LogP contribution is -2.25. The van der Waals surface area contributed by atoms with Crippen LogP contribution in [-0.4, -0.2) is 23.5 Å². The summed E-state index contributed by atoms with van der Waals surface area (Å²) in [6, 6.07) is 4.07. The summed E-state index contributed by atoms with van der Waals surface area (Å²) in [5, 5.41) is 0. The van der Waals surface area contributed by atoms with Crippen molar-refractivity contribution in [3.63, 3.8) is 0 Å². The third-order valence-corrected chi connectivity index (χ3v) is 3.07. The average molecular weight is 283 g/mol. The van der Waals surface area contributed by atoms with E-state index in [-0.39, 0.29) is 11.5 Å². The zero-order valence-corrected chi connectivity index (χ0v) is 11.3. The molecule has 2 heterocycles. The molecule has 1 aromatic rings. The fourth-order valence-electron chi connectivity index (χ4n) is 1.46. The van der Waals surface area contributed by atoms with Crippen molar-refractivity contribution in [3.8, 4) is 0 Å². The molecule has 86 valence electrons. The number of rotatable bonds is 1. The number of aromatic nitrogens is 1. The van der Waals surface area contributed by atoms with E-state index < -0.39 is 0 Å². The van der Waals surface area contributed by atoms with Crippen LogP contribution in [0.4, 0.5) is 0 Å². The molecule has 1 atom stereocenters. The van der Waals surface area contributed by atoms with Gasteiger partial charge in [-0.25, -0.2) is 4.99 Å². The molecule has 1 aliphatic heterocycles. The standard InChI is InChI=1S/C12H15BrN2O/c1-12(2,3)10-7-16-11(15-10)9-5-4-8(13)6-14-9/h4-6,10H,7H2,1-3H3/t10-/m1/s1. The van der Waals surface area contributed by atoms with Gasteiger partial charge in [0, 0.05) is 10.7 Å². The van der Waals surface area contributed by atoms with E-state index in [1.807, 2.05) is 12.1 Å². The Kier molecular flexibility index (Phi) is 3.02. The number of hydrogen-bond acceptors (Lipinski definition) is 3. The van der Waals surface area contributed by atoms with Crippen molar-refractivity contribution >= 4 is 21.8 Å². The van der Waals surface area contributed by atoms with Crippen LogP contribution in [-0.2, 0) is 4.74 Å². The van der Waals surface area contributed by atoms with Crippen LogP contribution >= 0.6 is 15.9 Å². The number of halogens is 1. The molecule has 1 aromatic heterocycles. The van der Waals surface area contributed by atoms with Crippen molar-refractivity contribution in [2.45, 2.75) is 26.8 Å². The Balaban J connectivity index is 2.21. The number of aliphatic imine (C=N–C) groups is 1. The molecule has 0 saturated carbocycles. The van der Waals surface area contributed by atoms with Gasteiger partial charge in [-0.05, 0) is 33.5 Å². The fourth-order valence-corrected chi connectivity index (χ4v) is 1.69. The lowest BCUT2D eigenvalue weighted by atomic mass is 9.88. The van der Waals surface area contributed by atoms with Crippen molar-refractivity contribution in [2.75, 3.05) is 6.61 Å². The molecule has 0 aromatic carbocycles. The maximum Gasteiger partial charge on any atom is 0.235 e. The Bertz CT molecular complexity index is 406. The first kappa shape index (κ1) is 11.6. The molecule has 16 heavy (non-hydrogen) atoms. The van der Waals surface area contributed by atoms with Crippen LogP contribution in [0.25, 0.3) is 0 Å². The third-order valence-electron chi connectivity index (χ3n) is 2.60. The van der Waals surface area contributed by atoms with E-state index in [9.17, 15) is 0 Å². The zero-order chi connectivity index (χ0) is 11.8. The van der Waals surface area contributed by atoms with Crippen LogP contribution < -0.4 is 0 Å². The van der Waals surface area contributed by atoms with Crippen molar-refractivity contribution in [2.24, 2.45) is 10.4 Å². The van der Waals surface area contributed by atoms with E-state index in [1.54, 1.807) is 6.20 Å². The Hall–Kier alpha value is -0.900. The smallest absolute Gasteiger partial charge is 0.235 e. The third kappa shape index (κ3) is 2.43. The van der Waals surface area contributed by atoms with Crippen LogP contribution in [0, 0.1) is 5.41 Å². The van der Waals surface area contributed by atoms with Gasteiger partial charge >= 0.3 is 0 Å². The zero-order valence-electron chi connectivity index (χ0n) is 9.70. The summed E-state index contributed by atoms with van der Waals surface area (Å²) in [6.45, 7) is 7.16. The van der Waals surface area contributed by atoms with Crippen LogP contribution in [0.2, 0.25) is 0 Å². The summed E-state index contributed by atoms with van der Waals surface area (Å²) in [5.74, 6) is 0.660. The quantitative estimate of drug-likeness (QED) is 0.794. The highest BCUT2D eigenvalue weighted by Crippen LogP contribution is 2.27. The molecule has 0 radical (unpaired) electrons. The predicted octanol–water partition coefficient (Wildman–Crippen LogP) is 3.04. The fraction of sp³-hybridized carbons (Fsp3) is 0.500. The monoisotopic (exact) mass is 282 g/mol. The maximum absolute atomic E-state index is 5.59. The highest BCUT2D eigenvalue weighted by atomic mass is 79.9. The molecule has 2 rings (SSSR count). The van der Waals surface area contributed by atoms with Crippen LogP contribution in [0.3, 0.4) is 0 Å². The first-order chi connectivity index (χ1) is 7.47. The number of pyridine rings is 1. The SMILES string of the molecule is CC(C)(C)[C@H]1COC(c2ccc(Br)cn2)=N1. The van der Waals surface area contributed by atoms with Crippen molar-refractivity contribution in [1.82, 2.24) is 4.98 Å². The Morgan fingerprint density at radius 1 is 1.38 bits per heavy atom. The first-order valence-electron chi connectivity index (χ1n) is 5.29. The summed E-state index contributed by atoms with van der Waals surface area (Å²) in [7, 11) is 0. The topological polar surface area (TPSA) is 34.5 Å².